The molecule has 1 heterocycles. The van der Waals surface area contributed by atoms with Crippen LogP contribution in [0.4, 0.5) is 0 Å². The summed E-state index contributed by atoms with van der Waals surface area (Å²) in [5, 5.41) is 8.92. The van der Waals surface area contributed by atoms with E-state index in [1.54, 1.807) is 14.0 Å². The number of nitrogens with zero attached hydrogens (tertiary/aromatic N) is 1. The summed E-state index contributed by atoms with van der Waals surface area (Å²) in [5.74, 6) is 4.51. The lowest BCUT2D eigenvalue weighted by atomic mass is 10.1. The van der Waals surface area contributed by atoms with Crippen LogP contribution in [0.15, 0.2) is 0 Å². The summed E-state index contributed by atoms with van der Waals surface area (Å²) < 4.78 is 5.12. The molecule has 4 heteroatoms. The molecule has 0 saturated carbocycles. The van der Waals surface area contributed by atoms with E-state index >= 15 is 0 Å². The molecule has 2 unspecified atom stereocenters. The summed E-state index contributed by atoms with van der Waals surface area (Å²) >= 11 is 0. The van der Waals surface area contributed by atoms with Crippen LogP contribution >= 0.6 is 0 Å². The molecule has 0 aliphatic carbocycles. The SMILES string of the molecule is CC#CCN1CC(OC)C(C(=O)O)C1. The molecule has 0 bridgehead atoms. The first kappa shape index (κ1) is 11.0. The summed E-state index contributed by atoms with van der Waals surface area (Å²) in [6, 6.07) is 0. The van der Waals surface area contributed by atoms with E-state index in [-0.39, 0.29) is 6.10 Å². The van der Waals surface area contributed by atoms with E-state index in [0.717, 1.165) is 0 Å². The quantitative estimate of drug-likeness (QED) is 0.649. The van der Waals surface area contributed by atoms with Crippen molar-refractivity contribution in [3.05, 3.63) is 0 Å². The van der Waals surface area contributed by atoms with Gasteiger partial charge < -0.3 is 9.84 Å². The molecule has 0 aromatic rings. The molecule has 1 saturated heterocycles. The van der Waals surface area contributed by atoms with E-state index in [0.29, 0.717) is 19.6 Å². The highest BCUT2D eigenvalue weighted by Crippen LogP contribution is 2.19. The summed E-state index contributed by atoms with van der Waals surface area (Å²) in [7, 11) is 1.55. The van der Waals surface area contributed by atoms with Crippen molar-refractivity contribution < 1.29 is 14.6 Å². The van der Waals surface area contributed by atoms with E-state index in [1.807, 2.05) is 4.90 Å². The van der Waals surface area contributed by atoms with Gasteiger partial charge in [0.1, 0.15) is 0 Å². The number of hydrogen-bond donors (Lipinski definition) is 1. The lowest BCUT2D eigenvalue weighted by molar-refractivity contribution is -0.144. The number of hydrogen-bond acceptors (Lipinski definition) is 3. The van der Waals surface area contributed by atoms with Crippen LogP contribution in [0.1, 0.15) is 6.92 Å². The Morgan fingerprint density at radius 3 is 2.79 bits per heavy atom. The fraction of sp³-hybridized carbons (Fsp3) is 0.700. The van der Waals surface area contributed by atoms with Crippen molar-refractivity contribution in [3.8, 4) is 11.8 Å². The summed E-state index contributed by atoms with van der Waals surface area (Å²) in [6.07, 6.45) is -0.203. The molecular weight excluding hydrogens is 182 g/mol. The molecule has 0 amide bonds. The normalized spacial score (nSPS) is 27.0. The molecule has 1 N–H and O–H groups in total. The summed E-state index contributed by atoms with van der Waals surface area (Å²) in [5.41, 5.74) is 0. The molecule has 14 heavy (non-hydrogen) atoms. The smallest absolute Gasteiger partial charge is 0.310 e. The van der Waals surface area contributed by atoms with Crippen molar-refractivity contribution in [2.75, 3.05) is 26.7 Å². The Kier molecular flexibility index (Phi) is 3.93. The van der Waals surface area contributed by atoms with Gasteiger partial charge in [-0.3, -0.25) is 9.69 Å². The molecule has 0 spiro atoms. The Morgan fingerprint density at radius 2 is 2.36 bits per heavy atom. The highest BCUT2D eigenvalue weighted by atomic mass is 16.5. The van der Waals surface area contributed by atoms with Gasteiger partial charge in [-0.25, -0.2) is 0 Å². The van der Waals surface area contributed by atoms with Gasteiger partial charge in [-0.05, 0) is 6.92 Å². The van der Waals surface area contributed by atoms with E-state index in [2.05, 4.69) is 11.8 Å². The van der Waals surface area contributed by atoms with Crippen molar-refractivity contribution in [1.29, 1.82) is 0 Å². The third kappa shape index (κ3) is 2.47. The van der Waals surface area contributed by atoms with Crippen LogP contribution in [0.25, 0.3) is 0 Å². The molecule has 0 aromatic heterocycles. The molecule has 2 atom stereocenters. The Morgan fingerprint density at radius 1 is 1.64 bits per heavy atom. The molecule has 78 valence electrons. The minimum absolute atomic E-state index is 0.203. The van der Waals surface area contributed by atoms with Gasteiger partial charge in [0.25, 0.3) is 0 Å². The van der Waals surface area contributed by atoms with E-state index < -0.39 is 11.9 Å². The lowest BCUT2D eigenvalue weighted by Crippen LogP contribution is -2.27. The topological polar surface area (TPSA) is 49.8 Å². The minimum atomic E-state index is -0.788. The van der Waals surface area contributed by atoms with E-state index in [4.69, 9.17) is 9.84 Å². The van der Waals surface area contributed by atoms with Crippen molar-refractivity contribution >= 4 is 5.97 Å². The van der Waals surface area contributed by atoms with Crippen LogP contribution in [-0.4, -0.2) is 48.8 Å². The second-order valence-corrected chi connectivity index (χ2v) is 3.34. The van der Waals surface area contributed by atoms with Crippen molar-refractivity contribution in [2.24, 2.45) is 5.92 Å². The first-order valence-corrected chi connectivity index (χ1v) is 4.56. The lowest BCUT2D eigenvalue weighted by Gasteiger charge is -2.11. The van der Waals surface area contributed by atoms with Crippen molar-refractivity contribution in [2.45, 2.75) is 13.0 Å². The van der Waals surface area contributed by atoms with Gasteiger partial charge in [0, 0.05) is 20.2 Å². The second kappa shape index (κ2) is 4.99. The largest absolute Gasteiger partial charge is 0.481 e. The third-order valence-electron chi connectivity index (χ3n) is 2.44. The maximum atomic E-state index is 10.8. The van der Waals surface area contributed by atoms with Crippen LogP contribution in [0.2, 0.25) is 0 Å². The zero-order chi connectivity index (χ0) is 10.6. The number of likely N-dealkylation sites (tertiary alicyclic amines) is 1. The van der Waals surface area contributed by atoms with Gasteiger partial charge >= 0.3 is 5.97 Å². The van der Waals surface area contributed by atoms with Gasteiger partial charge in [-0.1, -0.05) is 5.92 Å². The Hall–Kier alpha value is -1.05. The number of rotatable bonds is 3. The van der Waals surface area contributed by atoms with Gasteiger partial charge in [-0.2, -0.15) is 0 Å². The number of ether oxygens (including phenoxy) is 1. The molecule has 0 radical (unpaired) electrons. The fourth-order valence-electron chi connectivity index (χ4n) is 1.65. The molecule has 1 rings (SSSR count). The van der Waals surface area contributed by atoms with Gasteiger partial charge in [0.15, 0.2) is 0 Å². The van der Waals surface area contributed by atoms with Crippen LogP contribution in [-0.2, 0) is 9.53 Å². The summed E-state index contributed by atoms with van der Waals surface area (Å²) in [6.45, 7) is 3.59. The molecule has 1 aliphatic rings. The standard InChI is InChI=1S/C10H15NO3/c1-3-4-5-11-6-8(10(12)13)9(7-11)14-2/h8-9H,5-7H2,1-2H3,(H,12,13). The monoisotopic (exact) mass is 197 g/mol. The highest BCUT2D eigenvalue weighted by Gasteiger charge is 2.37. The zero-order valence-corrected chi connectivity index (χ0v) is 8.49. The third-order valence-corrected chi connectivity index (χ3v) is 2.44. The Bertz CT molecular complexity index is 266. The molecule has 1 aliphatic heterocycles. The molecule has 0 aromatic carbocycles. The van der Waals surface area contributed by atoms with Crippen molar-refractivity contribution in [1.82, 2.24) is 4.90 Å². The maximum Gasteiger partial charge on any atom is 0.310 e. The first-order chi connectivity index (χ1) is 6.69. The average molecular weight is 197 g/mol. The predicted octanol–water partition coefficient (Wildman–Crippen LogP) is 0.0411. The number of carboxylic acid groups (broad SMARTS) is 1. The van der Waals surface area contributed by atoms with E-state index in [1.165, 1.54) is 0 Å². The van der Waals surface area contributed by atoms with Crippen LogP contribution in [0.5, 0.6) is 0 Å². The summed E-state index contributed by atoms with van der Waals surface area (Å²) in [4.78, 5) is 12.9. The van der Waals surface area contributed by atoms with Gasteiger partial charge in [0.05, 0.1) is 18.6 Å². The number of carbonyl (C=O) groups is 1. The predicted molar refractivity (Wildman–Crippen MR) is 51.8 cm³/mol. The minimum Gasteiger partial charge on any atom is -0.481 e. The molecular formula is C10H15NO3. The van der Waals surface area contributed by atoms with E-state index in [9.17, 15) is 4.79 Å². The number of methoxy groups -OCH3 is 1. The Labute approximate surface area is 83.8 Å². The number of aliphatic carboxylic acids is 1. The maximum absolute atomic E-state index is 10.8. The number of carboxylic acids is 1. The molecule has 4 nitrogen and oxygen atoms in total. The van der Waals surface area contributed by atoms with Gasteiger partial charge in [-0.15, -0.1) is 5.92 Å². The Balaban J connectivity index is 2.54. The van der Waals surface area contributed by atoms with Crippen LogP contribution < -0.4 is 0 Å². The van der Waals surface area contributed by atoms with Crippen LogP contribution in [0.3, 0.4) is 0 Å². The first-order valence-electron chi connectivity index (χ1n) is 4.56. The molecule has 1 fully saturated rings. The second-order valence-electron chi connectivity index (χ2n) is 3.34. The average Bonchev–Trinajstić information content (AvgIpc) is 2.57. The van der Waals surface area contributed by atoms with Gasteiger partial charge in [0.2, 0.25) is 0 Å². The fourth-order valence-corrected chi connectivity index (χ4v) is 1.65. The highest BCUT2D eigenvalue weighted by molar-refractivity contribution is 5.71. The zero-order valence-electron chi connectivity index (χ0n) is 8.49. The van der Waals surface area contributed by atoms with Crippen LogP contribution in [0, 0.1) is 17.8 Å². The van der Waals surface area contributed by atoms with Crippen molar-refractivity contribution in [3.63, 3.8) is 0 Å².